The van der Waals surface area contributed by atoms with E-state index in [9.17, 15) is 0 Å². The first-order valence-electron chi connectivity index (χ1n) is 10.4. The van der Waals surface area contributed by atoms with Gasteiger partial charge in [-0.05, 0) is 67.4 Å². The zero-order valence-electron chi connectivity index (χ0n) is 17.9. The molecule has 0 aromatic heterocycles. The predicted octanol–water partition coefficient (Wildman–Crippen LogP) is 7.61. The molecular weight excluding hydrogens is 346 g/mol. The van der Waals surface area contributed by atoms with Crippen molar-refractivity contribution in [2.75, 3.05) is 6.26 Å². The lowest BCUT2D eigenvalue weighted by Crippen LogP contribution is -2.26. The van der Waals surface area contributed by atoms with Crippen LogP contribution < -0.4 is 5.32 Å². The van der Waals surface area contributed by atoms with Crippen LogP contribution in [0.3, 0.4) is 0 Å². The Labute approximate surface area is 172 Å². The molecular formula is C25H39NS. The van der Waals surface area contributed by atoms with Crippen molar-refractivity contribution in [2.24, 2.45) is 5.92 Å². The van der Waals surface area contributed by atoms with Crippen LogP contribution in [-0.2, 0) is 6.42 Å². The molecule has 1 aromatic rings. The van der Waals surface area contributed by atoms with E-state index in [0.29, 0.717) is 11.3 Å². The lowest BCUT2D eigenvalue weighted by atomic mass is 9.90. The van der Waals surface area contributed by atoms with Crippen molar-refractivity contribution in [1.82, 2.24) is 5.32 Å². The number of rotatable bonds is 14. The summed E-state index contributed by atoms with van der Waals surface area (Å²) in [6.07, 6.45) is 9.81. The summed E-state index contributed by atoms with van der Waals surface area (Å²) in [4.78, 5) is 0. The monoisotopic (exact) mass is 385 g/mol. The summed E-state index contributed by atoms with van der Waals surface area (Å²) in [6.45, 7) is 19.4. The molecule has 1 nitrogen and oxygen atoms in total. The summed E-state index contributed by atoms with van der Waals surface area (Å²) >= 11 is 1.84. The summed E-state index contributed by atoms with van der Waals surface area (Å²) in [7, 11) is 0. The van der Waals surface area contributed by atoms with Crippen LogP contribution in [0.5, 0.6) is 0 Å². The molecule has 1 atom stereocenters. The molecule has 1 rings (SSSR count). The van der Waals surface area contributed by atoms with Gasteiger partial charge in [0.05, 0.1) is 5.37 Å². The number of thioether (sulfide) groups is 1. The molecule has 0 saturated carbocycles. The fourth-order valence-corrected chi connectivity index (χ4v) is 4.04. The minimum atomic E-state index is 0.365. The second-order valence-electron chi connectivity index (χ2n) is 7.36. The quantitative estimate of drug-likeness (QED) is 0.261. The van der Waals surface area contributed by atoms with E-state index in [1.165, 1.54) is 35.1 Å². The van der Waals surface area contributed by atoms with E-state index in [1.54, 1.807) is 0 Å². The summed E-state index contributed by atoms with van der Waals surface area (Å²) < 4.78 is 0. The van der Waals surface area contributed by atoms with Gasteiger partial charge in [-0.2, -0.15) is 0 Å². The Balaban J connectivity index is 2.60. The Kier molecular flexibility index (Phi) is 11.3. The summed E-state index contributed by atoms with van der Waals surface area (Å²) in [6, 6.07) is 8.86. The van der Waals surface area contributed by atoms with Gasteiger partial charge in [0.25, 0.3) is 0 Å². The molecule has 0 amide bonds. The Morgan fingerprint density at radius 2 is 1.78 bits per heavy atom. The van der Waals surface area contributed by atoms with E-state index >= 15 is 0 Å². The van der Waals surface area contributed by atoms with Gasteiger partial charge in [-0.15, -0.1) is 11.8 Å². The molecule has 0 fully saturated rings. The predicted molar refractivity (Wildman–Crippen MR) is 126 cm³/mol. The highest BCUT2D eigenvalue weighted by Gasteiger charge is 2.10. The third-order valence-corrected chi connectivity index (χ3v) is 6.23. The Morgan fingerprint density at radius 3 is 2.37 bits per heavy atom. The zero-order chi connectivity index (χ0) is 20.2. The number of hydrogen-bond acceptors (Lipinski definition) is 2. The van der Waals surface area contributed by atoms with Gasteiger partial charge in [-0.3, -0.25) is 0 Å². The largest absolute Gasteiger partial charge is 0.377 e. The number of hydrogen-bond donors (Lipinski definition) is 1. The zero-order valence-corrected chi connectivity index (χ0v) is 18.8. The molecule has 0 radical (unpaired) electrons. The molecule has 0 saturated heterocycles. The average molecular weight is 386 g/mol. The van der Waals surface area contributed by atoms with Crippen LogP contribution >= 0.6 is 11.8 Å². The molecule has 1 unspecified atom stereocenters. The van der Waals surface area contributed by atoms with Gasteiger partial charge < -0.3 is 5.32 Å². The van der Waals surface area contributed by atoms with Crippen molar-refractivity contribution in [3.05, 3.63) is 66.4 Å². The van der Waals surface area contributed by atoms with Crippen LogP contribution in [0.15, 0.2) is 55.3 Å². The highest BCUT2D eigenvalue weighted by Crippen LogP contribution is 2.26. The molecule has 1 aromatic carbocycles. The van der Waals surface area contributed by atoms with E-state index in [4.69, 9.17) is 0 Å². The van der Waals surface area contributed by atoms with Crippen LogP contribution in [0.2, 0.25) is 0 Å². The molecule has 1 N–H and O–H groups in total. The van der Waals surface area contributed by atoms with Gasteiger partial charge in [-0.1, -0.05) is 70.3 Å². The minimum absolute atomic E-state index is 0.365. The maximum absolute atomic E-state index is 4.34. The topological polar surface area (TPSA) is 12.0 Å². The normalized spacial score (nSPS) is 12.0. The summed E-state index contributed by atoms with van der Waals surface area (Å²) in [5.41, 5.74) is 6.38. The Hall–Kier alpha value is -1.41. The number of benzene rings is 1. The van der Waals surface area contributed by atoms with Crippen molar-refractivity contribution in [3.63, 3.8) is 0 Å². The Morgan fingerprint density at radius 1 is 1.07 bits per heavy atom. The second kappa shape index (κ2) is 12.9. The fraction of sp³-hybridized carbons (Fsp3) is 0.520. The van der Waals surface area contributed by atoms with E-state index in [1.807, 2.05) is 11.8 Å². The van der Waals surface area contributed by atoms with Crippen molar-refractivity contribution < 1.29 is 0 Å². The van der Waals surface area contributed by atoms with E-state index in [-0.39, 0.29) is 0 Å². The van der Waals surface area contributed by atoms with Crippen molar-refractivity contribution in [1.29, 1.82) is 0 Å². The van der Waals surface area contributed by atoms with Gasteiger partial charge in [0, 0.05) is 12.1 Å². The molecule has 0 aliphatic heterocycles. The maximum Gasteiger partial charge on any atom is 0.0757 e. The minimum Gasteiger partial charge on any atom is -0.377 e. The third-order valence-electron chi connectivity index (χ3n) is 5.37. The maximum atomic E-state index is 4.34. The molecule has 0 spiro atoms. The lowest BCUT2D eigenvalue weighted by Gasteiger charge is -2.19. The number of nitrogens with one attached hydrogen (secondary N) is 1. The summed E-state index contributed by atoms with van der Waals surface area (Å²) in [5.74, 6) is 0.676. The first kappa shape index (κ1) is 23.6. The highest BCUT2D eigenvalue weighted by atomic mass is 32.2. The van der Waals surface area contributed by atoms with E-state index < -0.39 is 0 Å². The van der Waals surface area contributed by atoms with Gasteiger partial charge >= 0.3 is 0 Å². The van der Waals surface area contributed by atoms with Gasteiger partial charge in [0.15, 0.2) is 0 Å². The Bertz CT molecular complexity index is 613. The van der Waals surface area contributed by atoms with Gasteiger partial charge in [-0.25, -0.2) is 0 Å². The molecule has 27 heavy (non-hydrogen) atoms. The van der Waals surface area contributed by atoms with Crippen LogP contribution in [0, 0.1) is 5.92 Å². The first-order valence-corrected chi connectivity index (χ1v) is 11.7. The van der Waals surface area contributed by atoms with E-state index in [0.717, 1.165) is 37.8 Å². The molecule has 0 bridgehead atoms. The smallest absolute Gasteiger partial charge is 0.0757 e. The van der Waals surface area contributed by atoms with Crippen LogP contribution in [0.25, 0.3) is 5.57 Å². The average Bonchev–Trinajstić information content (AvgIpc) is 2.68. The van der Waals surface area contributed by atoms with Gasteiger partial charge in [0.2, 0.25) is 0 Å². The molecule has 150 valence electrons. The second-order valence-corrected chi connectivity index (χ2v) is 8.40. The SMILES string of the molecule is C=C(CC)NC(Cc1cccc(C(=C)CCCC(=C)C(CC)CC)c1)SC. The molecule has 2 heteroatoms. The fourth-order valence-electron chi connectivity index (χ4n) is 3.40. The van der Waals surface area contributed by atoms with Crippen molar-refractivity contribution in [2.45, 2.75) is 71.1 Å². The molecule has 0 aliphatic carbocycles. The van der Waals surface area contributed by atoms with Crippen LogP contribution in [0.1, 0.15) is 70.4 Å². The highest BCUT2D eigenvalue weighted by molar-refractivity contribution is 7.99. The molecule has 0 heterocycles. The van der Waals surface area contributed by atoms with Crippen molar-refractivity contribution >= 4 is 17.3 Å². The summed E-state index contributed by atoms with van der Waals surface area (Å²) in [5, 5.41) is 3.88. The number of allylic oxidation sites excluding steroid dienone is 3. The lowest BCUT2D eigenvalue weighted by molar-refractivity contribution is 0.546. The standard InChI is InChI=1S/C25H39NS/c1-8-21(6)26-25(27-7)18-22-15-12-16-24(17-22)20(5)14-11-13-19(4)23(9-2)10-3/h12,15-17,23,25-26H,4-6,8-11,13-14,18H2,1-3,7H3. The van der Waals surface area contributed by atoms with E-state index in [2.05, 4.69) is 76.3 Å². The van der Waals surface area contributed by atoms with Crippen molar-refractivity contribution in [3.8, 4) is 0 Å². The molecule has 0 aliphatic rings. The first-order chi connectivity index (χ1) is 12.9. The third kappa shape index (κ3) is 8.43. The van der Waals surface area contributed by atoms with Crippen LogP contribution in [-0.4, -0.2) is 11.6 Å². The van der Waals surface area contributed by atoms with Gasteiger partial charge in [0.1, 0.15) is 0 Å². The van der Waals surface area contributed by atoms with Crippen LogP contribution in [0.4, 0.5) is 0 Å².